The van der Waals surface area contributed by atoms with Crippen LogP contribution in [0.5, 0.6) is 0 Å². The van der Waals surface area contributed by atoms with Crippen LogP contribution in [-0.2, 0) is 4.74 Å². The Morgan fingerprint density at radius 1 is 1.78 bits per heavy atom. The first-order valence-corrected chi connectivity index (χ1v) is 2.60. The van der Waals surface area contributed by atoms with Gasteiger partial charge in [0.1, 0.15) is 6.34 Å². The summed E-state index contributed by atoms with van der Waals surface area (Å²) >= 11 is 0. The Bertz CT molecular complexity index is 152. The molecule has 1 heterocycles. The van der Waals surface area contributed by atoms with Gasteiger partial charge < -0.3 is 4.74 Å². The van der Waals surface area contributed by atoms with Crippen LogP contribution in [0.4, 0.5) is 0 Å². The van der Waals surface area contributed by atoms with Gasteiger partial charge in [0.05, 0.1) is 13.3 Å². The largest absolute Gasteiger partial charge is 0.480 e. The van der Waals surface area contributed by atoms with Gasteiger partial charge in [-0.2, -0.15) is 0 Å². The van der Waals surface area contributed by atoms with Crippen molar-refractivity contribution in [3.8, 4) is 0 Å². The second-order valence-electron chi connectivity index (χ2n) is 1.68. The number of rotatable bonds is 1. The molecule has 4 nitrogen and oxygen atoms in total. The normalized spacial score (nSPS) is 16.7. The van der Waals surface area contributed by atoms with Crippen molar-refractivity contribution >= 4 is 6.34 Å². The van der Waals surface area contributed by atoms with E-state index in [4.69, 9.17) is 4.74 Å². The van der Waals surface area contributed by atoms with Gasteiger partial charge in [-0.25, -0.2) is 4.99 Å². The summed E-state index contributed by atoms with van der Waals surface area (Å²) < 4.78 is 4.86. The summed E-state index contributed by atoms with van der Waals surface area (Å²) in [5.74, 6) is 0.653. The van der Waals surface area contributed by atoms with Gasteiger partial charge >= 0.3 is 0 Å². The molecule has 1 aliphatic rings. The van der Waals surface area contributed by atoms with E-state index in [1.165, 1.54) is 0 Å². The van der Waals surface area contributed by atoms with Crippen LogP contribution in [0.2, 0.25) is 0 Å². The Kier molecular flexibility index (Phi) is 1.58. The maximum Gasteiger partial charge on any atom is 0.224 e. The summed E-state index contributed by atoms with van der Waals surface area (Å²) in [5.41, 5.74) is 2.89. The zero-order chi connectivity index (χ0) is 6.69. The summed E-state index contributed by atoms with van der Waals surface area (Å²) in [6, 6.07) is 0. The first-order valence-electron chi connectivity index (χ1n) is 2.60. The molecule has 50 valence electrons. The smallest absolute Gasteiger partial charge is 0.224 e. The van der Waals surface area contributed by atoms with Gasteiger partial charge in [0.25, 0.3) is 0 Å². The molecule has 0 amide bonds. The summed E-state index contributed by atoms with van der Waals surface area (Å²) in [5, 5.41) is 1.71. The Hall–Kier alpha value is -1.19. The molecule has 4 heteroatoms. The highest BCUT2D eigenvalue weighted by Gasteiger charge is 1.99. The Morgan fingerprint density at radius 2 is 2.56 bits per heavy atom. The van der Waals surface area contributed by atoms with E-state index in [0.29, 0.717) is 5.88 Å². The number of hydrazine groups is 1. The summed E-state index contributed by atoms with van der Waals surface area (Å²) in [6.45, 7) is 0. The summed E-state index contributed by atoms with van der Waals surface area (Å²) in [4.78, 5) is 3.86. The maximum absolute atomic E-state index is 4.86. The van der Waals surface area contributed by atoms with Gasteiger partial charge in [-0.1, -0.05) is 0 Å². The van der Waals surface area contributed by atoms with Crippen molar-refractivity contribution in [3.63, 3.8) is 0 Å². The molecule has 0 radical (unpaired) electrons. The molecule has 1 rings (SSSR count). The Balaban J connectivity index is 2.55. The average molecular weight is 127 g/mol. The van der Waals surface area contributed by atoms with Crippen LogP contribution < -0.4 is 5.43 Å². The zero-order valence-corrected chi connectivity index (χ0v) is 5.46. The number of hydrogen-bond donors (Lipinski definition) is 1. The fourth-order valence-corrected chi connectivity index (χ4v) is 0.531. The van der Waals surface area contributed by atoms with Crippen molar-refractivity contribution in [2.45, 2.75) is 0 Å². The van der Waals surface area contributed by atoms with E-state index in [1.807, 2.05) is 7.05 Å². The van der Waals surface area contributed by atoms with Gasteiger partial charge in [0.2, 0.25) is 5.88 Å². The van der Waals surface area contributed by atoms with Crippen LogP contribution in [0.15, 0.2) is 17.1 Å². The summed E-state index contributed by atoms with van der Waals surface area (Å²) in [7, 11) is 3.43. The van der Waals surface area contributed by atoms with Gasteiger partial charge in [-0.15, -0.1) is 0 Å². The zero-order valence-electron chi connectivity index (χ0n) is 5.46. The molecule has 0 saturated carbocycles. The molecular formula is C5H9N3O. The molecular weight excluding hydrogens is 118 g/mol. The topological polar surface area (TPSA) is 36.9 Å². The lowest BCUT2D eigenvalue weighted by Crippen LogP contribution is -2.34. The molecule has 0 bridgehead atoms. The predicted molar refractivity (Wildman–Crippen MR) is 34.5 cm³/mol. The lowest BCUT2D eigenvalue weighted by atomic mass is 10.8. The van der Waals surface area contributed by atoms with Gasteiger partial charge in [-0.05, 0) is 0 Å². The lowest BCUT2D eigenvalue weighted by Gasteiger charge is -2.19. The molecule has 0 unspecified atom stereocenters. The average Bonchev–Trinajstić information content (AvgIpc) is 1.88. The van der Waals surface area contributed by atoms with Crippen molar-refractivity contribution < 1.29 is 4.74 Å². The molecule has 1 aliphatic heterocycles. The molecule has 0 atom stereocenters. The van der Waals surface area contributed by atoms with Crippen LogP contribution in [-0.4, -0.2) is 25.5 Å². The second kappa shape index (κ2) is 2.39. The standard InChI is InChI=1S/C5H9N3O/c1-8-4-6-3-5(7-8)9-2/h3-4,7H,1-2H3. The van der Waals surface area contributed by atoms with Crippen LogP contribution in [0.1, 0.15) is 0 Å². The monoisotopic (exact) mass is 127 g/mol. The number of aliphatic imine (C=N–C) groups is 1. The van der Waals surface area contributed by atoms with Crippen LogP contribution >= 0.6 is 0 Å². The van der Waals surface area contributed by atoms with Gasteiger partial charge in [0, 0.05) is 7.05 Å². The highest BCUT2D eigenvalue weighted by molar-refractivity contribution is 5.56. The Morgan fingerprint density at radius 3 is 3.00 bits per heavy atom. The summed E-state index contributed by atoms with van der Waals surface area (Å²) in [6.07, 6.45) is 3.27. The van der Waals surface area contributed by atoms with E-state index in [1.54, 1.807) is 24.7 Å². The van der Waals surface area contributed by atoms with Crippen molar-refractivity contribution in [1.29, 1.82) is 0 Å². The van der Waals surface area contributed by atoms with Crippen molar-refractivity contribution in [1.82, 2.24) is 10.4 Å². The van der Waals surface area contributed by atoms with E-state index in [2.05, 4.69) is 10.4 Å². The molecule has 0 spiro atoms. The molecule has 1 N–H and O–H groups in total. The minimum atomic E-state index is 0.653. The molecule has 9 heavy (non-hydrogen) atoms. The minimum absolute atomic E-state index is 0.653. The van der Waals surface area contributed by atoms with E-state index in [-0.39, 0.29) is 0 Å². The van der Waals surface area contributed by atoms with Crippen molar-refractivity contribution in [2.24, 2.45) is 4.99 Å². The number of methoxy groups -OCH3 is 1. The molecule has 0 aliphatic carbocycles. The molecule has 0 aromatic rings. The van der Waals surface area contributed by atoms with Gasteiger partial charge in [0.15, 0.2) is 0 Å². The van der Waals surface area contributed by atoms with E-state index in [9.17, 15) is 0 Å². The highest BCUT2D eigenvalue weighted by atomic mass is 16.5. The maximum atomic E-state index is 4.86. The third-order valence-corrected chi connectivity index (χ3v) is 0.938. The lowest BCUT2D eigenvalue weighted by molar-refractivity contribution is 0.210. The van der Waals surface area contributed by atoms with Crippen molar-refractivity contribution in [3.05, 3.63) is 12.1 Å². The fourth-order valence-electron chi connectivity index (χ4n) is 0.531. The highest BCUT2D eigenvalue weighted by Crippen LogP contribution is 1.94. The first-order chi connectivity index (χ1) is 4.33. The quantitative estimate of drug-likeness (QED) is 0.535. The van der Waals surface area contributed by atoms with E-state index >= 15 is 0 Å². The minimum Gasteiger partial charge on any atom is -0.480 e. The fraction of sp³-hybridized carbons (Fsp3) is 0.400. The van der Waals surface area contributed by atoms with E-state index < -0.39 is 0 Å². The number of nitrogens with zero attached hydrogens (tertiary/aromatic N) is 2. The molecule has 0 saturated heterocycles. The third-order valence-electron chi connectivity index (χ3n) is 0.938. The van der Waals surface area contributed by atoms with Crippen LogP contribution in [0, 0.1) is 0 Å². The molecule has 0 aromatic heterocycles. The number of hydrogen-bond acceptors (Lipinski definition) is 4. The Labute approximate surface area is 53.8 Å². The predicted octanol–water partition coefficient (Wildman–Crippen LogP) is -0.0900. The van der Waals surface area contributed by atoms with Crippen LogP contribution in [0.25, 0.3) is 0 Å². The van der Waals surface area contributed by atoms with Crippen LogP contribution in [0.3, 0.4) is 0 Å². The van der Waals surface area contributed by atoms with E-state index in [0.717, 1.165) is 0 Å². The number of nitrogens with one attached hydrogen (secondary N) is 1. The molecule has 0 fully saturated rings. The SMILES string of the molecule is COC1=CN=CN(C)N1. The second-order valence-corrected chi connectivity index (χ2v) is 1.68. The first kappa shape index (κ1) is 5.94. The van der Waals surface area contributed by atoms with Crippen molar-refractivity contribution in [2.75, 3.05) is 14.2 Å². The van der Waals surface area contributed by atoms with Gasteiger partial charge in [-0.3, -0.25) is 10.4 Å². The third kappa shape index (κ3) is 1.35. The molecule has 0 aromatic carbocycles. The number of ether oxygens (including phenoxy) is 1.